The molecule has 0 bridgehead atoms. The second kappa shape index (κ2) is 9.20. The zero-order chi connectivity index (χ0) is 18.4. The van der Waals surface area contributed by atoms with Crippen molar-refractivity contribution >= 4 is 11.8 Å². The van der Waals surface area contributed by atoms with Gasteiger partial charge in [-0.2, -0.15) is 0 Å². The Labute approximate surface area is 157 Å². The van der Waals surface area contributed by atoms with Crippen LogP contribution in [0.15, 0.2) is 24.3 Å². The summed E-state index contributed by atoms with van der Waals surface area (Å²) in [5, 5.41) is 0. The molecule has 3 rings (SSSR count). The first-order valence-electron chi connectivity index (χ1n) is 10.2. The number of hydrogen-bond donors (Lipinski definition) is 0. The summed E-state index contributed by atoms with van der Waals surface area (Å²) < 4.78 is 0. The van der Waals surface area contributed by atoms with E-state index in [4.69, 9.17) is 0 Å². The number of carbonyl (C=O) groups is 2. The average Bonchev–Trinajstić information content (AvgIpc) is 2.67. The third kappa shape index (κ3) is 5.09. The van der Waals surface area contributed by atoms with Gasteiger partial charge in [0.25, 0.3) is 0 Å². The molecule has 1 atom stereocenters. The number of likely N-dealkylation sites (tertiary alicyclic amines) is 2. The normalized spacial score (nSPS) is 21.1. The number of benzene rings is 1. The summed E-state index contributed by atoms with van der Waals surface area (Å²) in [5.74, 6) is 1.05. The fourth-order valence-corrected chi connectivity index (χ4v) is 4.26. The lowest BCUT2D eigenvalue weighted by Crippen LogP contribution is -2.43. The Morgan fingerprint density at radius 2 is 2.00 bits per heavy atom. The maximum atomic E-state index is 12.6. The van der Waals surface area contributed by atoms with Crippen LogP contribution in [0.25, 0.3) is 0 Å². The van der Waals surface area contributed by atoms with E-state index in [2.05, 4.69) is 31.2 Å². The second-order valence-corrected chi connectivity index (χ2v) is 7.90. The third-order valence-electron chi connectivity index (χ3n) is 5.97. The monoisotopic (exact) mass is 356 g/mol. The zero-order valence-corrected chi connectivity index (χ0v) is 16.1. The van der Waals surface area contributed by atoms with Gasteiger partial charge in [0.15, 0.2) is 0 Å². The molecule has 0 N–H and O–H groups in total. The predicted molar refractivity (Wildman–Crippen MR) is 104 cm³/mol. The molecule has 0 saturated carbocycles. The molecule has 0 aromatic heterocycles. The van der Waals surface area contributed by atoms with Crippen molar-refractivity contribution in [3.63, 3.8) is 0 Å². The molecule has 4 nitrogen and oxygen atoms in total. The van der Waals surface area contributed by atoms with E-state index in [0.717, 1.165) is 51.7 Å². The van der Waals surface area contributed by atoms with Crippen LogP contribution in [-0.2, 0) is 16.0 Å². The maximum Gasteiger partial charge on any atom is 0.224 e. The van der Waals surface area contributed by atoms with Crippen LogP contribution in [0.2, 0.25) is 0 Å². The van der Waals surface area contributed by atoms with Crippen molar-refractivity contribution in [2.45, 2.75) is 58.3 Å². The van der Waals surface area contributed by atoms with Gasteiger partial charge in [-0.3, -0.25) is 9.59 Å². The van der Waals surface area contributed by atoms with Crippen molar-refractivity contribution < 1.29 is 9.59 Å². The van der Waals surface area contributed by atoms with E-state index < -0.39 is 0 Å². The number of carbonyl (C=O) groups excluding carboxylic acids is 2. The molecule has 0 unspecified atom stereocenters. The highest BCUT2D eigenvalue weighted by Crippen LogP contribution is 2.23. The van der Waals surface area contributed by atoms with E-state index in [0.29, 0.717) is 25.3 Å². The first-order valence-corrected chi connectivity index (χ1v) is 10.2. The zero-order valence-electron chi connectivity index (χ0n) is 16.1. The summed E-state index contributed by atoms with van der Waals surface area (Å²) >= 11 is 0. The lowest BCUT2D eigenvalue weighted by molar-refractivity contribution is -0.136. The van der Waals surface area contributed by atoms with Crippen LogP contribution >= 0.6 is 0 Å². The van der Waals surface area contributed by atoms with Gasteiger partial charge in [-0.25, -0.2) is 0 Å². The van der Waals surface area contributed by atoms with Gasteiger partial charge < -0.3 is 9.80 Å². The Morgan fingerprint density at radius 3 is 2.81 bits per heavy atom. The van der Waals surface area contributed by atoms with Crippen LogP contribution in [0.1, 0.15) is 56.1 Å². The molecule has 26 heavy (non-hydrogen) atoms. The number of piperidine rings is 2. The van der Waals surface area contributed by atoms with Crippen molar-refractivity contribution in [1.82, 2.24) is 9.80 Å². The molecular formula is C22H32N2O2. The number of amides is 2. The molecule has 2 aliphatic rings. The van der Waals surface area contributed by atoms with Gasteiger partial charge in [0.05, 0.1) is 0 Å². The Morgan fingerprint density at radius 1 is 1.15 bits per heavy atom. The second-order valence-electron chi connectivity index (χ2n) is 7.90. The molecule has 1 aromatic carbocycles. The van der Waals surface area contributed by atoms with Crippen molar-refractivity contribution in [2.75, 3.05) is 26.2 Å². The Kier molecular flexibility index (Phi) is 6.70. The molecule has 4 heteroatoms. The van der Waals surface area contributed by atoms with Gasteiger partial charge >= 0.3 is 0 Å². The lowest BCUT2D eigenvalue weighted by Gasteiger charge is -2.34. The Bertz CT molecular complexity index is 628. The maximum absolute atomic E-state index is 12.6. The van der Waals surface area contributed by atoms with Gasteiger partial charge in [-0.05, 0) is 62.5 Å². The standard InChI is InChI=1S/C22H32N2O2/c1-18-7-2-3-9-20(18)12-11-19-8-6-15-24(17-19)22(26)13-16-23-14-5-4-10-21(23)25/h2-3,7,9,19H,4-6,8,10-17H2,1H3/t19-/m1/s1. The van der Waals surface area contributed by atoms with Crippen LogP contribution < -0.4 is 0 Å². The van der Waals surface area contributed by atoms with Crippen LogP contribution in [0.4, 0.5) is 0 Å². The molecule has 1 aromatic rings. The highest BCUT2D eigenvalue weighted by atomic mass is 16.2. The van der Waals surface area contributed by atoms with Gasteiger partial charge in [0.1, 0.15) is 0 Å². The van der Waals surface area contributed by atoms with Gasteiger partial charge in [-0.15, -0.1) is 0 Å². The summed E-state index contributed by atoms with van der Waals surface area (Å²) in [7, 11) is 0. The minimum atomic E-state index is 0.221. The van der Waals surface area contributed by atoms with E-state index in [1.54, 1.807) is 0 Å². The fourth-order valence-electron chi connectivity index (χ4n) is 4.26. The molecule has 2 fully saturated rings. The van der Waals surface area contributed by atoms with Crippen molar-refractivity contribution in [3.8, 4) is 0 Å². The van der Waals surface area contributed by atoms with Crippen molar-refractivity contribution in [1.29, 1.82) is 0 Å². The Balaban J connectivity index is 1.44. The first-order chi connectivity index (χ1) is 12.6. The van der Waals surface area contributed by atoms with Gasteiger partial charge in [0, 0.05) is 39.0 Å². The fraction of sp³-hybridized carbons (Fsp3) is 0.636. The third-order valence-corrected chi connectivity index (χ3v) is 5.97. The Hall–Kier alpha value is -1.84. The van der Waals surface area contributed by atoms with E-state index in [1.165, 1.54) is 17.5 Å². The van der Waals surface area contributed by atoms with E-state index in [-0.39, 0.29) is 11.8 Å². The van der Waals surface area contributed by atoms with Crippen molar-refractivity contribution in [2.24, 2.45) is 5.92 Å². The van der Waals surface area contributed by atoms with Crippen molar-refractivity contribution in [3.05, 3.63) is 35.4 Å². The minimum Gasteiger partial charge on any atom is -0.342 e. The largest absolute Gasteiger partial charge is 0.342 e. The SMILES string of the molecule is Cc1ccccc1CC[C@H]1CCCN(C(=O)CCN2CCCCC2=O)C1. The van der Waals surface area contributed by atoms with Crippen LogP contribution in [-0.4, -0.2) is 47.8 Å². The summed E-state index contributed by atoms with van der Waals surface area (Å²) in [6.07, 6.45) is 7.78. The molecule has 0 aliphatic carbocycles. The molecule has 2 heterocycles. The number of hydrogen-bond acceptors (Lipinski definition) is 2. The highest BCUT2D eigenvalue weighted by Gasteiger charge is 2.25. The first kappa shape index (κ1) is 18.9. The molecule has 2 aliphatic heterocycles. The summed E-state index contributed by atoms with van der Waals surface area (Å²) in [4.78, 5) is 28.4. The number of rotatable bonds is 6. The van der Waals surface area contributed by atoms with E-state index >= 15 is 0 Å². The van der Waals surface area contributed by atoms with E-state index in [1.807, 2.05) is 9.80 Å². The number of nitrogens with zero attached hydrogens (tertiary/aromatic N) is 2. The van der Waals surface area contributed by atoms with Crippen LogP contribution in [0, 0.1) is 12.8 Å². The molecule has 0 radical (unpaired) electrons. The molecule has 142 valence electrons. The van der Waals surface area contributed by atoms with Crippen LogP contribution in [0.5, 0.6) is 0 Å². The lowest BCUT2D eigenvalue weighted by atomic mass is 9.90. The van der Waals surface area contributed by atoms with Gasteiger partial charge in [-0.1, -0.05) is 24.3 Å². The average molecular weight is 357 g/mol. The molecule has 0 spiro atoms. The smallest absolute Gasteiger partial charge is 0.224 e. The molecule has 2 saturated heterocycles. The highest BCUT2D eigenvalue weighted by molar-refractivity contribution is 5.79. The summed E-state index contributed by atoms with van der Waals surface area (Å²) in [6, 6.07) is 8.60. The topological polar surface area (TPSA) is 40.6 Å². The predicted octanol–water partition coefficient (Wildman–Crippen LogP) is 3.57. The van der Waals surface area contributed by atoms with Crippen LogP contribution in [0.3, 0.4) is 0 Å². The quantitative estimate of drug-likeness (QED) is 0.782. The van der Waals surface area contributed by atoms with Gasteiger partial charge in [0.2, 0.25) is 11.8 Å². The molecule has 2 amide bonds. The molecular weight excluding hydrogens is 324 g/mol. The minimum absolute atomic E-state index is 0.221. The number of aryl methyl sites for hydroxylation is 2. The summed E-state index contributed by atoms with van der Waals surface area (Å²) in [6.45, 7) is 5.37. The summed E-state index contributed by atoms with van der Waals surface area (Å²) in [5.41, 5.74) is 2.79. The van der Waals surface area contributed by atoms with E-state index in [9.17, 15) is 9.59 Å².